The number of halogens is 2. The van der Waals surface area contributed by atoms with Crippen LogP contribution in [0.25, 0.3) is 11.5 Å². The van der Waals surface area contributed by atoms with Crippen LogP contribution in [0.5, 0.6) is 5.88 Å². The van der Waals surface area contributed by atoms with Gasteiger partial charge in [-0.15, -0.1) is 10.2 Å². The molecule has 0 aliphatic heterocycles. The molecule has 0 aliphatic carbocycles. The van der Waals surface area contributed by atoms with Crippen LogP contribution in [0, 0.1) is 6.92 Å². The third kappa shape index (κ3) is 3.83. The first kappa shape index (κ1) is 16.3. The molecule has 3 heterocycles. The molecule has 0 bridgehead atoms. The molecule has 7 nitrogen and oxygen atoms in total. The van der Waals surface area contributed by atoms with Crippen molar-refractivity contribution in [1.29, 1.82) is 0 Å². The molecule has 0 spiro atoms. The topological polar surface area (TPSA) is 86.8 Å². The Balaban J connectivity index is 1.67. The molecule has 3 aromatic heterocycles. The van der Waals surface area contributed by atoms with E-state index in [0.717, 1.165) is 0 Å². The molecular weight excluding hydrogens is 337 g/mol. The van der Waals surface area contributed by atoms with E-state index in [2.05, 4.69) is 25.1 Å². The van der Waals surface area contributed by atoms with E-state index in [1.807, 2.05) is 0 Å². The predicted octanol–water partition coefficient (Wildman–Crippen LogP) is 3.49. The summed E-state index contributed by atoms with van der Waals surface area (Å²) in [5, 5.41) is 7.74. The Morgan fingerprint density at radius 3 is 2.75 bits per heavy atom. The van der Waals surface area contributed by atoms with Crippen LogP contribution >= 0.6 is 11.6 Å². The van der Waals surface area contributed by atoms with E-state index in [1.165, 1.54) is 13.0 Å². The molecule has 0 saturated heterocycles. The monoisotopic (exact) mass is 349 g/mol. The highest BCUT2D eigenvalue weighted by molar-refractivity contribution is 6.29. The first-order valence-corrected chi connectivity index (χ1v) is 7.46. The van der Waals surface area contributed by atoms with Crippen molar-refractivity contribution in [3.8, 4) is 17.3 Å². The molecule has 0 saturated carbocycles. The number of ether oxygens (including phenoxy) is 1. The predicted molar refractivity (Wildman–Crippen MR) is 83.2 cm³/mol. The molecule has 0 radical (unpaired) electrons. The zero-order valence-electron chi connectivity index (χ0n) is 12.9. The van der Waals surface area contributed by atoms with Gasteiger partial charge < -0.3 is 9.15 Å². The van der Waals surface area contributed by atoms with Crippen molar-refractivity contribution < 1.29 is 13.5 Å². The maximum Gasteiger partial charge on any atom is 0.250 e. The minimum absolute atomic E-state index is 0.0616. The van der Waals surface area contributed by atoms with E-state index in [1.54, 1.807) is 25.3 Å². The van der Waals surface area contributed by atoms with Gasteiger partial charge in [-0.1, -0.05) is 11.6 Å². The fraction of sp³-hybridized carbons (Fsp3) is 0.267. The second-order valence-corrected chi connectivity index (χ2v) is 5.35. The highest BCUT2D eigenvalue weighted by atomic mass is 35.5. The summed E-state index contributed by atoms with van der Waals surface area (Å²) in [7, 11) is 0. The van der Waals surface area contributed by atoms with Gasteiger partial charge >= 0.3 is 0 Å². The molecular formula is C15H13ClFN5O2. The van der Waals surface area contributed by atoms with E-state index in [4.69, 9.17) is 20.8 Å². The number of aryl methyl sites for hydroxylation is 1. The van der Waals surface area contributed by atoms with Gasteiger partial charge in [-0.3, -0.25) is 4.98 Å². The Bertz CT molecular complexity index is 818. The lowest BCUT2D eigenvalue weighted by molar-refractivity contribution is 0.288. The molecule has 1 atom stereocenters. The lowest BCUT2D eigenvalue weighted by Crippen LogP contribution is -2.01. The van der Waals surface area contributed by atoms with Crippen LogP contribution in [0.3, 0.4) is 0 Å². The largest absolute Gasteiger partial charge is 0.471 e. The standard InChI is InChI=1S/C15H13ClFN5O2/c1-8(17)14-21-22-15(24-14)10-3-4-11(18-6-10)7-23-13-5-12(16)19-9(2)20-13/h3-6,8H,7H2,1-2H3. The average Bonchev–Trinajstić information content (AvgIpc) is 3.03. The molecule has 0 amide bonds. The second kappa shape index (κ2) is 6.88. The van der Waals surface area contributed by atoms with Crippen molar-refractivity contribution in [2.24, 2.45) is 0 Å². The highest BCUT2D eigenvalue weighted by Gasteiger charge is 2.14. The summed E-state index contributed by atoms with van der Waals surface area (Å²) >= 11 is 5.85. The molecule has 0 N–H and O–H groups in total. The zero-order chi connectivity index (χ0) is 17.1. The summed E-state index contributed by atoms with van der Waals surface area (Å²) in [6.07, 6.45) is 0.243. The van der Waals surface area contributed by atoms with Crippen LogP contribution in [-0.4, -0.2) is 25.1 Å². The Kier molecular flexibility index (Phi) is 4.66. The summed E-state index contributed by atoms with van der Waals surface area (Å²) in [5.41, 5.74) is 1.27. The molecule has 124 valence electrons. The Labute approximate surface area is 141 Å². The van der Waals surface area contributed by atoms with Crippen LogP contribution in [0.2, 0.25) is 5.15 Å². The molecule has 3 aromatic rings. The Morgan fingerprint density at radius 2 is 2.12 bits per heavy atom. The van der Waals surface area contributed by atoms with Gasteiger partial charge in [0.05, 0.1) is 11.3 Å². The van der Waals surface area contributed by atoms with Gasteiger partial charge in [-0.25, -0.2) is 9.37 Å². The summed E-state index contributed by atoms with van der Waals surface area (Å²) in [6.45, 7) is 3.27. The SMILES string of the molecule is Cc1nc(Cl)cc(OCc2ccc(-c3nnc(C(C)F)o3)cn2)n1. The third-order valence-corrected chi connectivity index (χ3v) is 3.20. The van der Waals surface area contributed by atoms with Crippen LogP contribution in [0.1, 0.15) is 30.5 Å². The minimum Gasteiger partial charge on any atom is -0.471 e. The first-order chi connectivity index (χ1) is 11.5. The van der Waals surface area contributed by atoms with Crippen molar-refractivity contribution in [3.05, 3.63) is 47.0 Å². The number of aromatic nitrogens is 5. The van der Waals surface area contributed by atoms with E-state index in [0.29, 0.717) is 28.1 Å². The Morgan fingerprint density at radius 1 is 1.29 bits per heavy atom. The van der Waals surface area contributed by atoms with E-state index < -0.39 is 6.17 Å². The minimum atomic E-state index is -1.31. The number of nitrogens with zero attached hydrogens (tertiary/aromatic N) is 5. The van der Waals surface area contributed by atoms with Gasteiger partial charge in [0.1, 0.15) is 17.6 Å². The van der Waals surface area contributed by atoms with E-state index in [9.17, 15) is 4.39 Å². The smallest absolute Gasteiger partial charge is 0.250 e. The van der Waals surface area contributed by atoms with Crippen molar-refractivity contribution >= 4 is 11.6 Å². The number of alkyl halides is 1. The summed E-state index contributed by atoms with van der Waals surface area (Å²) in [5.74, 6) is 1.05. The molecule has 3 rings (SSSR count). The van der Waals surface area contributed by atoms with E-state index >= 15 is 0 Å². The maximum absolute atomic E-state index is 13.1. The highest BCUT2D eigenvalue weighted by Crippen LogP contribution is 2.22. The van der Waals surface area contributed by atoms with Crippen LogP contribution in [0.15, 0.2) is 28.8 Å². The summed E-state index contributed by atoms with van der Waals surface area (Å²) in [4.78, 5) is 12.3. The van der Waals surface area contributed by atoms with Crippen LogP contribution in [0.4, 0.5) is 4.39 Å². The van der Waals surface area contributed by atoms with Gasteiger partial charge in [0.2, 0.25) is 11.8 Å². The van der Waals surface area contributed by atoms with Crippen molar-refractivity contribution in [3.63, 3.8) is 0 Å². The fourth-order valence-electron chi connectivity index (χ4n) is 1.88. The number of hydrogen-bond donors (Lipinski definition) is 0. The average molecular weight is 350 g/mol. The number of pyridine rings is 1. The maximum atomic E-state index is 13.1. The molecule has 1 unspecified atom stereocenters. The van der Waals surface area contributed by atoms with Crippen molar-refractivity contribution in [1.82, 2.24) is 25.1 Å². The molecule has 0 aliphatic rings. The number of rotatable bonds is 5. The third-order valence-electron chi connectivity index (χ3n) is 3.00. The van der Waals surface area contributed by atoms with Gasteiger partial charge in [-0.05, 0) is 26.0 Å². The molecule has 0 aromatic carbocycles. The molecule has 0 fully saturated rings. The lowest BCUT2D eigenvalue weighted by atomic mass is 10.2. The normalized spacial score (nSPS) is 12.2. The van der Waals surface area contributed by atoms with E-state index in [-0.39, 0.29) is 18.4 Å². The number of hydrogen-bond acceptors (Lipinski definition) is 7. The summed E-state index contributed by atoms with van der Waals surface area (Å²) < 4.78 is 23.9. The van der Waals surface area contributed by atoms with Crippen LogP contribution in [-0.2, 0) is 6.61 Å². The molecule has 24 heavy (non-hydrogen) atoms. The Hall–Kier alpha value is -2.61. The first-order valence-electron chi connectivity index (χ1n) is 7.08. The molecule has 9 heteroatoms. The summed E-state index contributed by atoms with van der Waals surface area (Å²) in [6, 6.07) is 5.01. The van der Waals surface area contributed by atoms with Crippen molar-refractivity contribution in [2.75, 3.05) is 0 Å². The van der Waals surface area contributed by atoms with Gasteiger partial charge in [-0.2, -0.15) is 4.98 Å². The fourth-order valence-corrected chi connectivity index (χ4v) is 2.09. The zero-order valence-corrected chi connectivity index (χ0v) is 13.7. The van der Waals surface area contributed by atoms with Gasteiger partial charge in [0.25, 0.3) is 5.89 Å². The van der Waals surface area contributed by atoms with Gasteiger partial charge in [0.15, 0.2) is 6.17 Å². The van der Waals surface area contributed by atoms with Crippen molar-refractivity contribution in [2.45, 2.75) is 26.6 Å². The van der Waals surface area contributed by atoms with Crippen LogP contribution < -0.4 is 4.74 Å². The van der Waals surface area contributed by atoms with Gasteiger partial charge in [0, 0.05) is 12.3 Å². The quantitative estimate of drug-likeness (QED) is 0.651. The lowest BCUT2D eigenvalue weighted by Gasteiger charge is -2.06. The second-order valence-electron chi connectivity index (χ2n) is 4.96.